The Morgan fingerprint density at radius 1 is 0.814 bits per heavy atom. The van der Waals surface area contributed by atoms with E-state index in [9.17, 15) is 44.4 Å². The standard InChI is InChI=1S/C44H68O15/c1-22(45)54-21-30-33(55-23(2)46)34(56-24(3)47)35(57-25(4)48)38(59-30)58-29-19-27-26(40(7,8)37(29)51)13-14-31-41(27,9)17-18-42(10)36(28(49)20-43(31,42)11)44(12,53)32(50)15-16-39(5,6)52/h13,27-31,33-38,49,51-53H,14-21H2,1-12H3. The minimum atomic E-state index is -1.83. The number of hydrogen-bond acceptors (Lipinski definition) is 15. The molecule has 0 bridgehead atoms. The molecule has 0 amide bonds. The van der Waals surface area contributed by atoms with Crippen LogP contribution >= 0.6 is 0 Å². The van der Waals surface area contributed by atoms with Crippen molar-refractivity contribution in [3.8, 4) is 0 Å². The van der Waals surface area contributed by atoms with Crippen LogP contribution in [0.5, 0.6) is 0 Å². The quantitative estimate of drug-likeness (QED) is 0.125. The Bertz CT molecular complexity index is 1680. The Labute approximate surface area is 347 Å². The van der Waals surface area contributed by atoms with E-state index in [-0.39, 0.29) is 24.7 Å². The molecule has 15 heteroatoms. The van der Waals surface area contributed by atoms with Crippen LogP contribution in [0.4, 0.5) is 0 Å². The largest absolute Gasteiger partial charge is 0.463 e. The molecule has 3 saturated carbocycles. The maximum Gasteiger partial charge on any atom is 0.303 e. The second-order valence-electron chi connectivity index (χ2n) is 20.1. The van der Waals surface area contributed by atoms with Crippen molar-refractivity contribution in [2.24, 2.45) is 39.4 Å². The summed E-state index contributed by atoms with van der Waals surface area (Å²) >= 11 is 0. The highest BCUT2D eigenvalue weighted by Gasteiger charge is 2.72. The normalized spacial score (nSPS) is 41.2. The van der Waals surface area contributed by atoms with Gasteiger partial charge >= 0.3 is 23.9 Å². The van der Waals surface area contributed by atoms with Crippen LogP contribution in [0.2, 0.25) is 0 Å². The van der Waals surface area contributed by atoms with Crippen molar-refractivity contribution in [3.63, 3.8) is 0 Å². The minimum Gasteiger partial charge on any atom is -0.463 e. The lowest BCUT2D eigenvalue weighted by atomic mass is 9.38. The number of aliphatic hydroxyl groups is 4. The van der Waals surface area contributed by atoms with Crippen molar-refractivity contribution < 1.29 is 72.8 Å². The van der Waals surface area contributed by atoms with Crippen molar-refractivity contribution in [3.05, 3.63) is 11.6 Å². The van der Waals surface area contributed by atoms with E-state index < -0.39 is 124 Å². The molecule has 0 spiro atoms. The van der Waals surface area contributed by atoms with Crippen LogP contribution in [0.1, 0.15) is 128 Å². The van der Waals surface area contributed by atoms with Gasteiger partial charge in [0.15, 0.2) is 30.4 Å². The maximum absolute atomic E-state index is 13.7. The van der Waals surface area contributed by atoms with Crippen LogP contribution in [0.3, 0.4) is 0 Å². The van der Waals surface area contributed by atoms with Gasteiger partial charge in [0, 0.05) is 45.4 Å². The predicted octanol–water partition coefficient (Wildman–Crippen LogP) is 3.87. The molecular weight excluding hydrogens is 768 g/mol. The van der Waals surface area contributed by atoms with Crippen LogP contribution in [-0.2, 0) is 52.4 Å². The first kappa shape index (κ1) is 47.1. The highest BCUT2D eigenvalue weighted by atomic mass is 16.7. The summed E-state index contributed by atoms with van der Waals surface area (Å²) in [4.78, 5) is 62.9. The highest BCUT2D eigenvalue weighted by molar-refractivity contribution is 5.87. The lowest BCUT2D eigenvalue weighted by Gasteiger charge is -2.66. The molecule has 4 N–H and O–H groups in total. The Morgan fingerprint density at radius 3 is 1.95 bits per heavy atom. The van der Waals surface area contributed by atoms with Gasteiger partial charge in [0.25, 0.3) is 0 Å². The lowest BCUT2D eigenvalue weighted by molar-refractivity contribution is -0.328. The molecular formula is C44H68O15. The molecule has 59 heavy (non-hydrogen) atoms. The number of ether oxygens (including phenoxy) is 6. The summed E-state index contributed by atoms with van der Waals surface area (Å²) < 4.78 is 35.0. The zero-order valence-corrected chi connectivity index (χ0v) is 36.9. The number of carbonyl (C=O) groups is 5. The molecule has 5 rings (SSSR count). The van der Waals surface area contributed by atoms with Gasteiger partial charge in [0.1, 0.15) is 18.3 Å². The Hall–Kier alpha value is -2.95. The van der Waals surface area contributed by atoms with Crippen molar-refractivity contribution >= 4 is 29.7 Å². The number of carbonyl (C=O) groups excluding carboxylic acids is 5. The van der Waals surface area contributed by atoms with Crippen LogP contribution in [0.15, 0.2) is 11.6 Å². The summed E-state index contributed by atoms with van der Waals surface area (Å²) in [7, 11) is 0. The smallest absolute Gasteiger partial charge is 0.303 e. The van der Waals surface area contributed by atoms with Crippen LogP contribution < -0.4 is 0 Å². The monoisotopic (exact) mass is 836 g/mol. The Morgan fingerprint density at radius 2 is 1.39 bits per heavy atom. The molecule has 334 valence electrons. The second kappa shape index (κ2) is 16.4. The molecule has 1 saturated heterocycles. The molecule has 15 unspecified atom stereocenters. The number of aliphatic hydroxyl groups excluding tert-OH is 2. The third-order valence-corrected chi connectivity index (χ3v) is 15.2. The van der Waals surface area contributed by atoms with Gasteiger partial charge in [-0.25, -0.2) is 0 Å². The molecule has 15 atom stereocenters. The number of ketones is 1. The van der Waals surface area contributed by atoms with Crippen LogP contribution in [0, 0.1) is 39.4 Å². The summed E-state index contributed by atoms with van der Waals surface area (Å²) in [5, 5.41) is 46.3. The van der Waals surface area contributed by atoms with Gasteiger partial charge in [-0.05, 0) is 87.4 Å². The summed E-state index contributed by atoms with van der Waals surface area (Å²) in [6.07, 6.45) is -4.95. The molecule has 0 aromatic heterocycles. The van der Waals surface area contributed by atoms with E-state index in [4.69, 9.17) is 28.4 Å². The molecule has 15 nitrogen and oxygen atoms in total. The number of Topliss-reactive ketones (excluding diaryl/α,β-unsaturated/α-hetero) is 1. The first-order valence-electron chi connectivity index (χ1n) is 21.0. The van der Waals surface area contributed by atoms with Crippen molar-refractivity contribution in [2.75, 3.05) is 6.61 Å². The number of rotatable bonds is 12. The fourth-order valence-electron chi connectivity index (χ4n) is 12.2. The third-order valence-electron chi connectivity index (χ3n) is 15.2. The van der Waals surface area contributed by atoms with Crippen molar-refractivity contribution in [1.29, 1.82) is 0 Å². The molecule has 0 radical (unpaired) electrons. The predicted molar refractivity (Wildman–Crippen MR) is 210 cm³/mol. The van der Waals surface area contributed by atoms with Crippen LogP contribution in [0.25, 0.3) is 0 Å². The van der Waals surface area contributed by atoms with E-state index in [1.54, 1.807) is 13.8 Å². The van der Waals surface area contributed by atoms with Gasteiger partial charge in [-0.15, -0.1) is 0 Å². The summed E-state index contributed by atoms with van der Waals surface area (Å²) in [6, 6.07) is 0. The average molecular weight is 837 g/mol. The topological polar surface area (TPSA) is 222 Å². The van der Waals surface area contributed by atoms with E-state index >= 15 is 0 Å². The van der Waals surface area contributed by atoms with E-state index in [1.165, 1.54) is 13.8 Å². The molecule has 4 fully saturated rings. The third kappa shape index (κ3) is 8.62. The number of hydrogen-bond donors (Lipinski definition) is 4. The van der Waals surface area contributed by atoms with Crippen molar-refractivity contribution in [2.45, 2.75) is 188 Å². The molecule has 0 aromatic carbocycles. The summed E-state index contributed by atoms with van der Waals surface area (Å²) in [5.41, 5.74) is -4.24. The second-order valence-corrected chi connectivity index (χ2v) is 20.1. The first-order valence-corrected chi connectivity index (χ1v) is 21.0. The highest BCUT2D eigenvalue weighted by Crippen LogP contribution is 2.75. The number of fused-ring (bicyclic) bond motifs is 5. The lowest BCUT2D eigenvalue weighted by Crippen LogP contribution is -2.65. The van der Waals surface area contributed by atoms with Crippen molar-refractivity contribution in [1.82, 2.24) is 0 Å². The number of esters is 4. The fraction of sp³-hybridized carbons (Fsp3) is 0.841. The summed E-state index contributed by atoms with van der Waals surface area (Å²) in [6.45, 7) is 19.4. The van der Waals surface area contributed by atoms with Gasteiger partial charge < -0.3 is 48.8 Å². The molecule has 1 heterocycles. The Kier molecular flexibility index (Phi) is 13.1. The SMILES string of the molecule is CC(=O)OCC1OC(OC2CC3C(=CCC4C3(C)CCC3(C)C(C(C)(O)C(=O)CCC(C)(C)O)C(O)CC43C)C(C)(C)C2O)C(OC(C)=O)C(OC(C)=O)C1OC(C)=O. The van der Waals surface area contributed by atoms with Gasteiger partial charge in [-0.2, -0.15) is 0 Å². The maximum atomic E-state index is 13.7. The minimum absolute atomic E-state index is 0.0122. The van der Waals surface area contributed by atoms with E-state index in [1.807, 2.05) is 13.8 Å². The number of allylic oxidation sites excluding steroid dienone is 1. The van der Waals surface area contributed by atoms with E-state index in [0.29, 0.717) is 32.1 Å². The van der Waals surface area contributed by atoms with Gasteiger partial charge in [-0.3, -0.25) is 24.0 Å². The van der Waals surface area contributed by atoms with E-state index in [0.717, 1.165) is 26.3 Å². The average Bonchev–Trinajstić information content (AvgIpc) is 3.31. The Balaban J connectivity index is 1.50. The molecule has 5 aliphatic rings. The summed E-state index contributed by atoms with van der Waals surface area (Å²) in [5.74, 6) is -4.26. The first-order chi connectivity index (χ1) is 27.0. The van der Waals surface area contributed by atoms with Gasteiger partial charge in [0.05, 0.1) is 23.9 Å². The zero-order valence-electron chi connectivity index (χ0n) is 36.9. The zero-order chi connectivity index (χ0) is 44.4. The fourth-order valence-corrected chi connectivity index (χ4v) is 12.2. The van der Waals surface area contributed by atoms with E-state index in [2.05, 4.69) is 26.8 Å². The molecule has 0 aromatic rings. The molecule has 4 aliphatic carbocycles. The molecule has 1 aliphatic heterocycles. The van der Waals surface area contributed by atoms with Gasteiger partial charge in [0.2, 0.25) is 0 Å². The van der Waals surface area contributed by atoms with Crippen LogP contribution in [-0.4, -0.2) is 117 Å². The van der Waals surface area contributed by atoms with Gasteiger partial charge in [-0.1, -0.05) is 46.3 Å².